The second-order valence-corrected chi connectivity index (χ2v) is 11.6. The first-order valence-electron chi connectivity index (χ1n) is 13.0. The van der Waals surface area contributed by atoms with Crippen LogP contribution in [0.15, 0.2) is 84.5 Å². The number of furan rings is 1. The molecular formula is C31H27BrN2O7S. The molecule has 0 radical (unpaired) electrons. The molecule has 11 heteroatoms. The van der Waals surface area contributed by atoms with Gasteiger partial charge in [-0.25, -0.2) is 14.6 Å². The quantitative estimate of drug-likeness (QED) is 0.259. The van der Waals surface area contributed by atoms with E-state index in [1.54, 1.807) is 63.2 Å². The standard InChI is InChI=1S/C31H27BrN2O7S/c1-16(2)40-30(37)26-17(3)33-31-34(27(26)22-14-20(32)9-11-24(22)38-4)28(35)25(42-31)15-21-10-12-23(41-21)18-7-6-8-19(13-18)29(36)39-5/h6-16,27H,1-5H3/b25-15-/t27-/m1/s1. The van der Waals surface area contributed by atoms with Crippen LogP contribution in [0.3, 0.4) is 0 Å². The van der Waals surface area contributed by atoms with Crippen LogP contribution in [0.2, 0.25) is 0 Å². The van der Waals surface area contributed by atoms with E-state index in [4.69, 9.17) is 18.6 Å². The summed E-state index contributed by atoms with van der Waals surface area (Å²) in [6.07, 6.45) is 1.27. The van der Waals surface area contributed by atoms with Gasteiger partial charge in [0.25, 0.3) is 5.56 Å². The molecule has 0 saturated heterocycles. The Balaban J connectivity index is 1.64. The summed E-state index contributed by atoms with van der Waals surface area (Å²) in [5, 5.41) is 0. The summed E-state index contributed by atoms with van der Waals surface area (Å²) in [5.41, 5.74) is 2.04. The molecule has 0 saturated carbocycles. The fourth-order valence-corrected chi connectivity index (χ4v) is 6.11. The lowest BCUT2D eigenvalue weighted by Crippen LogP contribution is -2.40. The number of esters is 2. The predicted octanol–water partition coefficient (Wildman–Crippen LogP) is 5.00. The molecular weight excluding hydrogens is 624 g/mol. The zero-order chi connectivity index (χ0) is 30.1. The highest BCUT2D eigenvalue weighted by atomic mass is 79.9. The first kappa shape index (κ1) is 29.3. The summed E-state index contributed by atoms with van der Waals surface area (Å²) in [7, 11) is 2.86. The Kier molecular flexibility index (Phi) is 8.33. The lowest BCUT2D eigenvalue weighted by atomic mass is 9.95. The zero-order valence-electron chi connectivity index (χ0n) is 23.5. The monoisotopic (exact) mass is 650 g/mol. The average Bonchev–Trinajstić information content (AvgIpc) is 3.55. The van der Waals surface area contributed by atoms with E-state index in [1.807, 2.05) is 18.2 Å². The zero-order valence-corrected chi connectivity index (χ0v) is 25.9. The van der Waals surface area contributed by atoms with E-state index in [0.29, 0.717) is 49.0 Å². The lowest BCUT2D eigenvalue weighted by Gasteiger charge is -2.26. The number of thiazole rings is 1. The van der Waals surface area contributed by atoms with Crippen molar-refractivity contribution in [1.82, 2.24) is 4.57 Å². The molecule has 1 atom stereocenters. The molecule has 1 aliphatic heterocycles. The van der Waals surface area contributed by atoms with Crippen molar-refractivity contribution < 1.29 is 28.2 Å². The van der Waals surface area contributed by atoms with Crippen molar-refractivity contribution in [1.29, 1.82) is 0 Å². The van der Waals surface area contributed by atoms with Gasteiger partial charge in [0, 0.05) is 21.7 Å². The van der Waals surface area contributed by atoms with Gasteiger partial charge in [0.15, 0.2) is 4.80 Å². The Morgan fingerprint density at radius 3 is 2.60 bits per heavy atom. The number of benzene rings is 2. The highest BCUT2D eigenvalue weighted by molar-refractivity contribution is 9.10. The van der Waals surface area contributed by atoms with Crippen LogP contribution >= 0.6 is 27.3 Å². The summed E-state index contributed by atoms with van der Waals surface area (Å²) in [5.74, 6) is 0.453. The molecule has 1 aliphatic rings. The van der Waals surface area contributed by atoms with Gasteiger partial charge in [0.1, 0.15) is 23.3 Å². The van der Waals surface area contributed by atoms with Gasteiger partial charge in [0.05, 0.1) is 41.7 Å². The van der Waals surface area contributed by atoms with Crippen molar-refractivity contribution in [3.05, 3.63) is 107 Å². The van der Waals surface area contributed by atoms with E-state index in [1.165, 1.54) is 30.1 Å². The molecule has 216 valence electrons. The minimum absolute atomic E-state index is 0.254. The number of rotatable bonds is 7. The summed E-state index contributed by atoms with van der Waals surface area (Å²) < 4.78 is 24.7. The number of aromatic nitrogens is 1. The number of allylic oxidation sites excluding steroid dienone is 1. The third-order valence-electron chi connectivity index (χ3n) is 6.54. The maximum Gasteiger partial charge on any atom is 0.338 e. The largest absolute Gasteiger partial charge is 0.496 e. The molecule has 2 aromatic heterocycles. The number of hydrogen-bond acceptors (Lipinski definition) is 9. The molecule has 42 heavy (non-hydrogen) atoms. The minimum Gasteiger partial charge on any atom is -0.496 e. The first-order chi connectivity index (χ1) is 20.1. The van der Waals surface area contributed by atoms with Gasteiger partial charge in [-0.05, 0) is 63.2 Å². The molecule has 9 nitrogen and oxygen atoms in total. The predicted molar refractivity (Wildman–Crippen MR) is 161 cm³/mol. The second-order valence-electron chi connectivity index (χ2n) is 9.70. The van der Waals surface area contributed by atoms with Gasteiger partial charge in [-0.15, -0.1) is 0 Å². The first-order valence-corrected chi connectivity index (χ1v) is 14.6. The van der Waals surface area contributed by atoms with E-state index < -0.39 is 18.0 Å². The Bertz CT molecular complexity index is 1920. The molecule has 0 bridgehead atoms. The topological polar surface area (TPSA) is 109 Å². The molecule has 0 N–H and O–H groups in total. The maximum atomic E-state index is 14.0. The number of nitrogens with zero attached hydrogens (tertiary/aromatic N) is 2. The van der Waals surface area contributed by atoms with Crippen LogP contribution in [0.4, 0.5) is 0 Å². The number of carbonyl (C=O) groups excluding carboxylic acids is 2. The minimum atomic E-state index is -0.838. The molecule has 5 rings (SSSR count). The highest BCUT2D eigenvalue weighted by Crippen LogP contribution is 2.37. The van der Waals surface area contributed by atoms with E-state index in [0.717, 1.165) is 4.47 Å². The summed E-state index contributed by atoms with van der Waals surface area (Å²) >= 11 is 4.70. The Hall–Kier alpha value is -4.22. The van der Waals surface area contributed by atoms with E-state index in [-0.39, 0.29) is 17.2 Å². The number of carbonyl (C=O) groups is 2. The molecule has 0 unspecified atom stereocenters. The van der Waals surface area contributed by atoms with Crippen LogP contribution in [0, 0.1) is 0 Å². The maximum absolute atomic E-state index is 14.0. The van der Waals surface area contributed by atoms with Crippen molar-refractivity contribution in [2.45, 2.75) is 32.9 Å². The average molecular weight is 652 g/mol. The van der Waals surface area contributed by atoms with Crippen LogP contribution in [0.5, 0.6) is 5.75 Å². The van der Waals surface area contributed by atoms with Crippen LogP contribution in [-0.4, -0.2) is 36.8 Å². The van der Waals surface area contributed by atoms with Crippen LogP contribution in [-0.2, 0) is 14.3 Å². The van der Waals surface area contributed by atoms with Gasteiger partial charge in [-0.2, -0.15) is 0 Å². The molecule has 0 aliphatic carbocycles. The number of fused-ring (bicyclic) bond motifs is 1. The third kappa shape index (κ3) is 5.62. The number of halogens is 1. The molecule has 4 aromatic rings. The molecule has 0 amide bonds. The molecule has 0 fully saturated rings. The summed E-state index contributed by atoms with van der Waals surface area (Å²) in [4.78, 5) is 44.4. The molecule has 3 heterocycles. The Labute approximate surface area is 253 Å². The van der Waals surface area contributed by atoms with Gasteiger partial charge in [-0.1, -0.05) is 39.4 Å². The fourth-order valence-electron chi connectivity index (χ4n) is 4.71. The number of methoxy groups -OCH3 is 2. The van der Waals surface area contributed by atoms with Crippen LogP contribution < -0.4 is 19.6 Å². The van der Waals surface area contributed by atoms with Gasteiger partial charge in [0.2, 0.25) is 0 Å². The van der Waals surface area contributed by atoms with Crippen molar-refractivity contribution >= 4 is 45.3 Å². The fraction of sp³-hybridized carbons (Fsp3) is 0.226. The highest BCUT2D eigenvalue weighted by Gasteiger charge is 2.35. The van der Waals surface area contributed by atoms with Gasteiger partial charge >= 0.3 is 11.9 Å². The normalized spacial score (nSPS) is 14.9. The Morgan fingerprint density at radius 1 is 1.10 bits per heavy atom. The van der Waals surface area contributed by atoms with Crippen molar-refractivity contribution in [3.8, 4) is 17.1 Å². The smallest absolute Gasteiger partial charge is 0.338 e. The third-order valence-corrected chi connectivity index (χ3v) is 8.02. The Morgan fingerprint density at radius 2 is 1.88 bits per heavy atom. The molecule has 2 aromatic carbocycles. The SMILES string of the molecule is COC(=O)c1cccc(-c2ccc(/C=c3\sc4n(c3=O)[C@H](c3cc(Br)ccc3OC)C(C(=O)OC(C)C)=C(C)N=4)o2)c1. The number of ether oxygens (including phenoxy) is 3. The lowest BCUT2D eigenvalue weighted by molar-refractivity contribution is -0.143. The van der Waals surface area contributed by atoms with E-state index >= 15 is 0 Å². The van der Waals surface area contributed by atoms with Crippen molar-refractivity contribution in [3.63, 3.8) is 0 Å². The van der Waals surface area contributed by atoms with Crippen molar-refractivity contribution in [2.24, 2.45) is 4.99 Å². The molecule has 0 spiro atoms. The van der Waals surface area contributed by atoms with Gasteiger partial charge < -0.3 is 18.6 Å². The van der Waals surface area contributed by atoms with E-state index in [9.17, 15) is 14.4 Å². The van der Waals surface area contributed by atoms with Gasteiger partial charge in [-0.3, -0.25) is 9.36 Å². The summed E-state index contributed by atoms with van der Waals surface area (Å²) in [6.45, 7) is 5.26. The van der Waals surface area contributed by atoms with Crippen LogP contribution in [0.25, 0.3) is 17.4 Å². The number of hydrogen-bond donors (Lipinski definition) is 0. The summed E-state index contributed by atoms with van der Waals surface area (Å²) in [6, 6.07) is 15.0. The van der Waals surface area contributed by atoms with E-state index in [2.05, 4.69) is 20.9 Å². The van der Waals surface area contributed by atoms with Crippen LogP contribution in [0.1, 0.15) is 48.5 Å². The van der Waals surface area contributed by atoms with Crippen molar-refractivity contribution in [2.75, 3.05) is 14.2 Å². The second kappa shape index (κ2) is 11.9.